The monoisotopic (exact) mass is 616 g/mol. The number of likely N-dealkylation sites (N-methyl/N-ethyl adjacent to an activating group) is 1. The van der Waals surface area contributed by atoms with Crippen LogP contribution in [0, 0.1) is 11.3 Å². The summed E-state index contributed by atoms with van der Waals surface area (Å²) in [6, 6.07) is 26.5. The van der Waals surface area contributed by atoms with E-state index in [1.807, 2.05) is 63.6 Å². The molecule has 12 heteroatoms. The first kappa shape index (κ1) is 32.5. The maximum absolute atomic E-state index is 13.7. The second-order valence-electron chi connectivity index (χ2n) is 11.1. The average molecular weight is 617 g/mol. The second-order valence-corrected chi connectivity index (χ2v) is 11.1. The van der Waals surface area contributed by atoms with E-state index >= 15 is 0 Å². The molecule has 9 nitrogen and oxygen atoms in total. The molecule has 1 N–H and O–H groups in total. The van der Waals surface area contributed by atoms with Crippen LogP contribution in [0.25, 0.3) is 22.8 Å². The molecule has 2 heterocycles. The first-order valence-corrected chi connectivity index (χ1v) is 13.9. The lowest BCUT2D eigenvalue weighted by Crippen LogP contribution is -2.42. The zero-order valence-corrected chi connectivity index (χ0v) is 25.3. The van der Waals surface area contributed by atoms with Crippen LogP contribution in [0.4, 0.5) is 13.2 Å². The lowest BCUT2D eigenvalue weighted by molar-refractivity contribution is -0.869. The summed E-state index contributed by atoms with van der Waals surface area (Å²) >= 11 is 0. The van der Waals surface area contributed by atoms with Gasteiger partial charge in [0.25, 0.3) is 11.5 Å². The van der Waals surface area contributed by atoms with E-state index in [2.05, 4.69) is 10.4 Å². The Bertz CT molecular complexity index is 1830. The largest absolute Gasteiger partial charge is 0.416 e. The van der Waals surface area contributed by atoms with Gasteiger partial charge in [-0.1, -0.05) is 42.5 Å². The average Bonchev–Trinajstić information content (AvgIpc) is 3.59. The van der Waals surface area contributed by atoms with Crippen LogP contribution in [-0.2, 0) is 13.2 Å². The van der Waals surface area contributed by atoms with Gasteiger partial charge in [0.2, 0.25) is 0 Å². The third kappa shape index (κ3) is 7.76. The molecule has 0 aliphatic heterocycles. The number of nitrogens with one attached hydrogen (secondary N) is 1. The molecule has 232 valence electrons. The highest BCUT2D eigenvalue weighted by molar-refractivity contribution is 5.99. The summed E-state index contributed by atoms with van der Waals surface area (Å²) in [5.41, 5.74) is -0.449. The number of quaternary nitrogens is 1. The normalized spacial score (nSPS) is 11.3. The van der Waals surface area contributed by atoms with E-state index in [0.717, 1.165) is 16.8 Å². The molecule has 5 aromatic rings. The van der Waals surface area contributed by atoms with Crippen molar-refractivity contribution in [3.8, 4) is 28.8 Å². The van der Waals surface area contributed by atoms with Crippen LogP contribution in [0.5, 0.6) is 0 Å². The predicted molar refractivity (Wildman–Crippen MR) is 165 cm³/mol. The van der Waals surface area contributed by atoms with Gasteiger partial charge in [-0.15, -0.1) is 0 Å². The third-order valence-corrected chi connectivity index (χ3v) is 6.77. The topological polar surface area (TPSA) is 97.6 Å². The van der Waals surface area contributed by atoms with Gasteiger partial charge < -0.3 is 9.80 Å². The van der Waals surface area contributed by atoms with Crippen LogP contribution < -0.4 is 10.9 Å². The van der Waals surface area contributed by atoms with Crippen molar-refractivity contribution < 1.29 is 22.4 Å². The Morgan fingerprint density at radius 1 is 0.933 bits per heavy atom. The number of hydrogen-bond acceptors (Lipinski definition) is 4. The number of aromatic nitrogens is 4. The van der Waals surface area contributed by atoms with Gasteiger partial charge in [-0.3, -0.25) is 14.3 Å². The fourth-order valence-electron chi connectivity index (χ4n) is 4.55. The van der Waals surface area contributed by atoms with E-state index in [9.17, 15) is 22.8 Å². The molecule has 0 spiro atoms. The smallest absolute Gasteiger partial charge is 0.346 e. The van der Waals surface area contributed by atoms with Crippen molar-refractivity contribution >= 4 is 5.91 Å². The molecule has 1 amide bonds. The zero-order chi connectivity index (χ0) is 32.8. The molecule has 3 aromatic carbocycles. The fourth-order valence-corrected chi connectivity index (χ4v) is 4.55. The molecule has 0 bridgehead atoms. The van der Waals surface area contributed by atoms with Crippen LogP contribution in [0.15, 0.2) is 102 Å². The minimum absolute atomic E-state index is 0.0478. The van der Waals surface area contributed by atoms with E-state index < -0.39 is 23.2 Å². The molecular formula is C33H33F3N7O2+. The number of amides is 1. The van der Waals surface area contributed by atoms with Crippen molar-refractivity contribution in [1.82, 2.24) is 24.5 Å². The van der Waals surface area contributed by atoms with Gasteiger partial charge in [0.05, 0.1) is 74.7 Å². The highest BCUT2D eigenvalue weighted by Gasteiger charge is 2.32. The molecule has 0 saturated carbocycles. The molecule has 5 rings (SSSR count). The lowest BCUT2D eigenvalue weighted by Gasteiger charge is -2.23. The van der Waals surface area contributed by atoms with Crippen LogP contribution in [-0.4, -0.2) is 63.8 Å². The maximum atomic E-state index is 13.7. The van der Waals surface area contributed by atoms with E-state index in [-0.39, 0.29) is 23.5 Å². The number of alkyl halides is 3. The second kappa shape index (κ2) is 13.5. The van der Waals surface area contributed by atoms with Gasteiger partial charge in [-0.25, -0.2) is 9.36 Å². The number of benzene rings is 3. The molecule has 0 aliphatic carbocycles. The molecule has 2 aromatic heterocycles. The number of hydrogen-bond donors (Lipinski definition) is 1. The highest BCUT2D eigenvalue weighted by atomic mass is 19.4. The Balaban J connectivity index is 0.000000687. The summed E-state index contributed by atoms with van der Waals surface area (Å²) in [6.07, 6.45) is -3.13. The predicted octanol–water partition coefficient (Wildman–Crippen LogP) is 5.04. The molecule has 0 atom stereocenters. The van der Waals surface area contributed by atoms with E-state index in [1.165, 1.54) is 34.7 Å². The number of nitriles is 1. The van der Waals surface area contributed by atoms with Gasteiger partial charge in [0, 0.05) is 7.05 Å². The Labute approximate surface area is 258 Å². The summed E-state index contributed by atoms with van der Waals surface area (Å²) in [7, 11) is 7.36. The Hall–Kier alpha value is -5.41. The minimum Gasteiger partial charge on any atom is -0.346 e. The van der Waals surface area contributed by atoms with Crippen molar-refractivity contribution in [2.45, 2.75) is 6.18 Å². The van der Waals surface area contributed by atoms with Crippen LogP contribution >= 0.6 is 0 Å². The summed E-state index contributed by atoms with van der Waals surface area (Å²) in [6.45, 7) is 0.855. The Morgan fingerprint density at radius 3 is 2.11 bits per heavy atom. The number of halogens is 3. The quantitative estimate of drug-likeness (QED) is 0.259. The molecule has 0 aliphatic rings. The Morgan fingerprint density at radius 2 is 1.56 bits per heavy atom. The summed E-state index contributed by atoms with van der Waals surface area (Å²) in [5.74, 6) is -0.655. The van der Waals surface area contributed by atoms with Crippen molar-refractivity contribution in [2.75, 3.05) is 34.2 Å². The fraction of sp³-hybridized carbons (Fsp3) is 0.212. The number of rotatable bonds is 7. The first-order valence-electron chi connectivity index (χ1n) is 13.9. The molecule has 0 unspecified atom stereocenters. The standard InChI is InChI=1S/C27H26F3N7O2.C6H6/c1-34-24(22-12-13-33-35(22)20-10-8-18(17-31)9-11-20)23(25(38)32-14-15-37(2,3)4)26(39)36(34)21-7-5-6-19(16-21)27(28,29)30;1-2-4-6-5-3-1/h5-13,16H,14-15H2,1-4H3;1-6H/p+1. The van der Waals surface area contributed by atoms with E-state index in [0.29, 0.717) is 28.0 Å². The Kier molecular flexibility index (Phi) is 9.74. The maximum Gasteiger partial charge on any atom is 0.416 e. The third-order valence-electron chi connectivity index (χ3n) is 6.77. The number of carbonyl (C=O) groups excluding carboxylic acids is 1. The van der Waals surface area contributed by atoms with Crippen molar-refractivity contribution in [3.63, 3.8) is 0 Å². The molecule has 0 fully saturated rings. The number of carbonyl (C=O) groups is 1. The van der Waals surface area contributed by atoms with Gasteiger partial charge >= 0.3 is 6.18 Å². The van der Waals surface area contributed by atoms with Gasteiger partial charge in [-0.2, -0.15) is 23.5 Å². The van der Waals surface area contributed by atoms with Crippen molar-refractivity contribution in [3.05, 3.63) is 124 Å². The van der Waals surface area contributed by atoms with Crippen molar-refractivity contribution in [2.24, 2.45) is 7.05 Å². The van der Waals surface area contributed by atoms with Gasteiger partial charge in [-0.05, 0) is 48.5 Å². The zero-order valence-electron chi connectivity index (χ0n) is 25.3. The van der Waals surface area contributed by atoms with Crippen molar-refractivity contribution in [1.29, 1.82) is 5.26 Å². The molecule has 45 heavy (non-hydrogen) atoms. The SMILES string of the molecule is Cn1c(-c2ccnn2-c2ccc(C#N)cc2)c(C(=O)NCC[N+](C)(C)C)c(=O)n1-c1cccc(C(F)(F)F)c1.c1ccccc1. The van der Waals surface area contributed by atoms with Crippen LogP contribution in [0.3, 0.4) is 0 Å². The molecular weight excluding hydrogens is 583 g/mol. The van der Waals surface area contributed by atoms with E-state index in [4.69, 9.17) is 5.26 Å². The van der Waals surface area contributed by atoms with Crippen LogP contribution in [0.1, 0.15) is 21.5 Å². The summed E-state index contributed by atoms with van der Waals surface area (Å²) < 4.78 is 44.8. The number of nitrogens with zero attached hydrogens (tertiary/aromatic N) is 6. The first-order chi connectivity index (χ1) is 21.3. The lowest BCUT2D eigenvalue weighted by atomic mass is 10.1. The molecule has 0 radical (unpaired) electrons. The van der Waals surface area contributed by atoms with E-state index in [1.54, 1.807) is 30.3 Å². The van der Waals surface area contributed by atoms with Gasteiger partial charge in [0.1, 0.15) is 11.3 Å². The summed E-state index contributed by atoms with van der Waals surface area (Å²) in [4.78, 5) is 27.2. The minimum atomic E-state index is -4.62. The van der Waals surface area contributed by atoms with Gasteiger partial charge in [0.15, 0.2) is 0 Å². The summed E-state index contributed by atoms with van der Waals surface area (Å²) in [5, 5.41) is 16.2. The van der Waals surface area contributed by atoms with Crippen LogP contribution in [0.2, 0.25) is 0 Å². The highest BCUT2D eigenvalue weighted by Crippen LogP contribution is 2.31. The molecule has 0 saturated heterocycles.